The van der Waals surface area contributed by atoms with E-state index in [0.717, 1.165) is 111 Å². The van der Waals surface area contributed by atoms with E-state index in [1.54, 1.807) is 13.0 Å². The number of rotatable bonds is 6. The first-order chi connectivity index (χ1) is 40.7. The number of hydrogen-bond acceptors (Lipinski definition) is 2. The third kappa shape index (κ3) is 7.04. The number of halogens is 3. The molecule has 0 bridgehead atoms. The molecule has 17 rings (SSSR count). The lowest BCUT2D eigenvalue weighted by atomic mass is 9.98. The molecule has 0 unspecified atom stereocenters. The highest BCUT2D eigenvalue weighted by atomic mass is 19.4. The molecule has 0 atom stereocenters. The maximum Gasteiger partial charge on any atom is 0.417 e. The van der Waals surface area contributed by atoms with E-state index < -0.39 is 11.7 Å². The molecule has 0 spiro atoms. The Morgan fingerprint density at radius 3 is 1.18 bits per heavy atom. The van der Waals surface area contributed by atoms with E-state index in [0.29, 0.717) is 22.3 Å². The third-order valence-corrected chi connectivity index (χ3v) is 17.0. The van der Waals surface area contributed by atoms with Gasteiger partial charge in [0.15, 0.2) is 5.82 Å². The zero-order valence-corrected chi connectivity index (χ0v) is 44.6. The Balaban J connectivity index is 0.972. The lowest BCUT2D eigenvalue weighted by Crippen LogP contribution is -2.09. The molecule has 0 amide bonds. The topological polar surface area (TPSA) is 45.5 Å². The van der Waals surface area contributed by atoms with Crippen LogP contribution in [0.25, 0.3) is 154 Å². The van der Waals surface area contributed by atoms with Crippen molar-refractivity contribution in [3.8, 4) is 45.4 Å². The summed E-state index contributed by atoms with van der Waals surface area (Å²) in [5.41, 5.74) is 13.8. The van der Waals surface area contributed by atoms with Crippen molar-refractivity contribution in [3.63, 3.8) is 0 Å². The molecule has 0 N–H and O–H groups in total. The summed E-state index contributed by atoms with van der Waals surface area (Å²) in [6.07, 6.45) is -4.66. The molecule has 83 heavy (non-hydrogen) atoms. The normalized spacial score (nSPS) is 12.3. The van der Waals surface area contributed by atoms with Gasteiger partial charge in [-0.2, -0.15) is 13.2 Å². The first-order valence-corrected chi connectivity index (χ1v) is 27.8. The van der Waals surface area contributed by atoms with E-state index in [1.165, 1.54) is 27.6 Å². The minimum atomic E-state index is -4.66. The first kappa shape index (κ1) is 47.1. The molecule has 0 aliphatic carbocycles. The highest BCUT2D eigenvalue weighted by Gasteiger charge is 2.35. The maximum atomic E-state index is 15.2. The number of aromatic nitrogens is 6. The average Bonchev–Trinajstić information content (AvgIpc) is 3.26. The van der Waals surface area contributed by atoms with E-state index in [-0.39, 0.29) is 11.4 Å². The standard InChI is InChI=1S/C74H45F3N6/c1-44-30-34-61(74(75,76)77)60(38-44)73-78-62-35-31-45-16-2-3-17-51(45)71(62)72(79-73)46-39-49(82-67-28-14-8-22-56(67)58-42-47(32-36-69(58)82)80-63-24-10-4-18-52(63)53-19-5-11-25-64(53)80)41-50(40-46)83-68-29-15-9-23-57(68)59-43-48(33-37-70(59)83)81-65-26-12-6-20-54(65)55-21-7-13-27-66(55)81/h2-43H,1H3. The van der Waals surface area contributed by atoms with Crippen LogP contribution in [0, 0.1) is 6.92 Å². The summed E-state index contributed by atoms with van der Waals surface area (Å²) in [4.78, 5) is 10.4. The Hall–Kier alpha value is -10.8. The number of benzene rings is 12. The van der Waals surface area contributed by atoms with Gasteiger partial charge in [-0.15, -0.1) is 0 Å². The van der Waals surface area contributed by atoms with Crippen molar-refractivity contribution in [1.82, 2.24) is 28.2 Å². The molecule has 392 valence electrons. The summed E-state index contributed by atoms with van der Waals surface area (Å²) in [6.45, 7) is 1.80. The summed E-state index contributed by atoms with van der Waals surface area (Å²) < 4.78 is 54.8. The number of fused-ring (bicyclic) bond motifs is 15. The predicted molar refractivity (Wildman–Crippen MR) is 335 cm³/mol. The zero-order chi connectivity index (χ0) is 55.2. The van der Waals surface area contributed by atoms with Gasteiger partial charge in [-0.25, -0.2) is 9.97 Å². The van der Waals surface area contributed by atoms with Crippen molar-refractivity contribution >= 4 is 109 Å². The van der Waals surface area contributed by atoms with E-state index in [4.69, 9.17) is 9.97 Å². The minimum absolute atomic E-state index is 0.00494. The fraction of sp³-hybridized carbons (Fsp3) is 0.0270. The largest absolute Gasteiger partial charge is 0.417 e. The number of alkyl halides is 3. The summed E-state index contributed by atoms with van der Waals surface area (Å²) in [5.74, 6) is -0.00494. The molecule has 0 saturated carbocycles. The van der Waals surface area contributed by atoms with Gasteiger partial charge < -0.3 is 18.3 Å². The first-order valence-electron chi connectivity index (χ1n) is 27.8. The van der Waals surface area contributed by atoms with Crippen LogP contribution >= 0.6 is 0 Å². The van der Waals surface area contributed by atoms with Crippen LogP contribution in [0.5, 0.6) is 0 Å². The van der Waals surface area contributed by atoms with Crippen molar-refractivity contribution < 1.29 is 13.2 Å². The van der Waals surface area contributed by atoms with Crippen molar-refractivity contribution in [3.05, 3.63) is 266 Å². The molecule has 9 heteroatoms. The molecule has 12 aromatic carbocycles. The molecule has 6 nitrogen and oxygen atoms in total. The molecule has 5 aromatic heterocycles. The van der Waals surface area contributed by atoms with Crippen molar-refractivity contribution in [2.45, 2.75) is 13.1 Å². The number of hydrogen-bond donors (Lipinski definition) is 0. The Labute approximate surface area is 472 Å². The van der Waals surface area contributed by atoms with Gasteiger partial charge in [0, 0.05) is 82.4 Å². The van der Waals surface area contributed by atoms with Gasteiger partial charge in [0.05, 0.1) is 60.9 Å². The smallest absolute Gasteiger partial charge is 0.309 e. The number of aryl methyl sites for hydroxylation is 1. The van der Waals surface area contributed by atoms with E-state index in [9.17, 15) is 0 Å². The molecule has 0 aliphatic heterocycles. The Bertz CT molecular complexity index is 5240. The Morgan fingerprint density at radius 1 is 0.325 bits per heavy atom. The van der Waals surface area contributed by atoms with Gasteiger partial charge in [0.2, 0.25) is 0 Å². The van der Waals surface area contributed by atoms with Crippen LogP contribution in [0.15, 0.2) is 255 Å². The second-order valence-electron chi connectivity index (χ2n) is 21.7. The van der Waals surface area contributed by atoms with Gasteiger partial charge >= 0.3 is 6.18 Å². The van der Waals surface area contributed by atoms with Crippen LogP contribution in [0.2, 0.25) is 0 Å². The van der Waals surface area contributed by atoms with Gasteiger partial charge in [-0.1, -0.05) is 151 Å². The summed E-state index contributed by atoms with van der Waals surface area (Å²) in [6, 6.07) is 87.5. The fourth-order valence-electron chi connectivity index (χ4n) is 13.5. The summed E-state index contributed by atoms with van der Waals surface area (Å²) in [5, 5.41) is 11.6. The number of nitrogens with zero attached hydrogens (tertiary/aromatic N) is 6. The molecule has 0 aliphatic rings. The average molecular weight is 1080 g/mol. The van der Waals surface area contributed by atoms with Crippen LogP contribution in [0.4, 0.5) is 13.2 Å². The minimum Gasteiger partial charge on any atom is -0.309 e. The molecule has 17 aromatic rings. The SMILES string of the molecule is Cc1ccc(C(F)(F)F)c(-c2nc(-c3cc(-n4c5ccccc5c5cc(-n6c7ccccc7c7ccccc76)ccc54)cc(-n4c5ccccc5c5cc(-n6c7ccccc7c7ccccc76)ccc54)c3)c3c(ccc4ccccc43)n2)c1. The highest BCUT2D eigenvalue weighted by Crippen LogP contribution is 2.44. The zero-order valence-electron chi connectivity index (χ0n) is 44.6. The van der Waals surface area contributed by atoms with Crippen molar-refractivity contribution in [2.75, 3.05) is 0 Å². The molecule has 0 fully saturated rings. The maximum absolute atomic E-state index is 15.2. The molecular weight excluding hydrogens is 1030 g/mol. The lowest BCUT2D eigenvalue weighted by molar-refractivity contribution is -0.137. The van der Waals surface area contributed by atoms with Gasteiger partial charge in [-0.3, -0.25) is 0 Å². The molecule has 0 saturated heterocycles. The van der Waals surface area contributed by atoms with E-state index in [1.807, 2.05) is 36.4 Å². The second-order valence-corrected chi connectivity index (χ2v) is 21.7. The van der Waals surface area contributed by atoms with E-state index in [2.05, 4.69) is 218 Å². The Morgan fingerprint density at radius 2 is 0.723 bits per heavy atom. The lowest BCUT2D eigenvalue weighted by Gasteiger charge is -2.18. The van der Waals surface area contributed by atoms with Gasteiger partial charge in [0.25, 0.3) is 0 Å². The van der Waals surface area contributed by atoms with Crippen molar-refractivity contribution in [1.29, 1.82) is 0 Å². The van der Waals surface area contributed by atoms with Gasteiger partial charge in [-0.05, 0) is 127 Å². The predicted octanol–water partition coefficient (Wildman–Crippen LogP) is 19.8. The second kappa shape index (κ2) is 17.6. The van der Waals surface area contributed by atoms with Crippen LogP contribution < -0.4 is 0 Å². The van der Waals surface area contributed by atoms with Crippen molar-refractivity contribution in [2.24, 2.45) is 0 Å². The number of para-hydroxylation sites is 6. The van der Waals surface area contributed by atoms with Crippen LogP contribution in [0.1, 0.15) is 11.1 Å². The summed E-state index contributed by atoms with van der Waals surface area (Å²) >= 11 is 0. The highest BCUT2D eigenvalue weighted by molar-refractivity contribution is 6.16. The summed E-state index contributed by atoms with van der Waals surface area (Å²) in [7, 11) is 0. The molecule has 0 radical (unpaired) electrons. The fourth-order valence-corrected chi connectivity index (χ4v) is 13.5. The van der Waals surface area contributed by atoms with Crippen LogP contribution in [-0.2, 0) is 6.18 Å². The molecule has 5 heterocycles. The van der Waals surface area contributed by atoms with Gasteiger partial charge in [0.1, 0.15) is 0 Å². The third-order valence-electron chi connectivity index (χ3n) is 17.0. The Kier molecular flexibility index (Phi) is 9.99. The monoisotopic (exact) mass is 1070 g/mol. The van der Waals surface area contributed by atoms with E-state index >= 15 is 13.2 Å². The quantitative estimate of drug-likeness (QED) is 0.156. The molecular formula is C74H45F3N6. The van der Waals surface area contributed by atoms with Crippen LogP contribution in [0.3, 0.4) is 0 Å². The van der Waals surface area contributed by atoms with Crippen LogP contribution in [-0.4, -0.2) is 28.2 Å².